The molecule has 7 heteroatoms. The molecular weight excluding hydrogens is 316 g/mol. The van der Waals surface area contributed by atoms with Gasteiger partial charge in [0.2, 0.25) is 10.0 Å². The van der Waals surface area contributed by atoms with Crippen molar-refractivity contribution in [3.05, 3.63) is 42.5 Å². The number of fused-ring (bicyclic) bond motifs is 1. The molecule has 0 aromatic heterocycles. The highest BCUT2D eigenvalue weighted by atomic mass is 32.2. The van der Waals surface area contributed by atoms with Crippen LogP contribution in [0.2, 0.25) is 0 Å². The number of benzene rings is 2. The van der Waals surface area contributed by atoms with Crippen molar-refractivity contribution in [1.82, 2.24) is 10.2 Å². The second kappa shape index (κ2) is 7.24. The molecule has 0 saturated heterocycles. The summed E-state index contributed by atoms with van der Waals surface area (Å²) in [4.78, 5) is 16.5. The van der Waals surface area contributed by atoms with Gasteiger partial charge in [-0.2, -0.15) is 4.72 Å². The SMILES string of the molecule is C#CCONC(=O)C(C)NS(=O)(=O)c1ccc2ccccc2c1. The second-order valence-electron chi connectivity index (χ2n) is 4.81. The molecule has 1 unspecified atom stereocenters. The number of sulfonamides is 1. The molecule has 6 nitrogen and oxygen atoms in total. The van der Waals surface area contributed by atoms with Crippen molar-refractivity contribution in [3.63, 3.8) is 0 Å². The normalized spacial score (nSPS) is 12.5. The van der Waals surface area contributed by atoms with E-state index < -0.39 is 22.0 Å². The third kappa shape index (κ3) is 4.29. The number of hydrogen-bond acceptors (Lipinski definition) is 4. The molecular formula is C16H16N2O4S. The molecule has 0 spiro atoms. The van der Waals surface area contributed by atoms with Crippen molar-refractivity contribution in [3.8, 4) is 12.3 Å². The lowest BCUT2D eigenvalue weighted by Gasteiger charge is -2.14. The first kappa shape index (κ1) is 17.0. The van der Waals surface area contributed by atoms with Crippen LogP contribution in [0.3, 0.4) is 0 Å². The van der Waals surface area contributed by atoms with E-state index in [0.717, 1.165) is 10.8 Å². The van der Waals surface area contributed by atoms with Gasteiger partial charge in [0.15, 0.2) is 0 Å². The predicted molar refractivity (Wildman–Crippen MR) is 86.7 cm³/mol. The van der Waals surface area contributed by atoms with Crippen LogP contribution in [0.5, 0.6) is 0 Å². The second-order valence-corrected chi connectivity index (χ2v) is 6.53. The number of rotatable bonds is 6. The highest BCUT2D eigenvalue weighted by molar-refractivity contribution is 7.89. The van der Waals surface area contributed by atoms with Crippen molar-refractivity contribution in [1.29, 1.82) is 0 Å². The van der Waals surface area contributed by atoms with Crippen LogP contribution in [0.1, 0.15) is 6.92 Å². The van der Waals surface area contributed by atoms with Crippen molar-refractivity contribution in [2.75, 3.05) is 6.61 Å². The molecule has 2 aromatic rings. The molecule has 2 N–H and O–H groups in total. The Morgan fingerprint density at radius 1 is 1.26 bits per heavy atom. The van der Waals surface area contributed by atoms with Crippen LogP contribution in [0.4, 0.5) is 0 Å². The van der Waals surface area contributed by atoms with E-state index >= 15 is 0 Å². The number of nitrogens with one attached hydrogen (secondary N) is 2. The van der Waals surface area contributed by atoms with Crippen LogP contribution in [-0.2, 0) is 19.7 Å². The quantitative estimate of drug-likeness (QED) is 0.473. The van der Waals surface area contributed by atoms with Gasteiger partial charge in [-0.15, -0.1) is 6.42 Å². The monoisotopic (exact) mass is 332 g/mol. The number of hydroxylamine groups is 1. The van der Waals surface area contributed by atoms with Gasteiger partial charge >= 0.3 is 0 Å². The van der Waals surface area contributed by atoms with Crippen LogP contribution in [0, 0.1) is 12.3 Å². The van der Waals surface area contributed by atoms with Crippen LogP contribution >= 0.6 is 0 Å². The summed E-state index contributed by atoms with van der Waals surface area (Å²) in [5, 5.41) is 1.73. The van der Waals surface area contributed by atoms with E-state index in [1.54, 1.807) is 12.1 Å². The van der Waals surface area contributed by atoms with Crippen LogP contribution in [-0.4, -0.2) is 27.0 Å². The summed E-state index contributed by atoms with van der Waals surface area (Å²) >= 11 is 0. The van der Waals surface area contributed by atoms with Gasteiger partial charge in [0.1, 0.15) is 12.6 Å². The van der Waals surface area contributed by atoms with Gasteiger partial charge in [0.25, 0.3) is 5.91 Å². The lowest BCUT2D eigenvalue weighted by Crippen LogP contribution is -2.44. The Balaban J connectivity index is 2.13. The van der Waals surface area contributed by atoms with Crippen LogP contribution in [0.15, 0.2) is 47.4 Å². The zero-order chi connectivity index (χ0) is 16.9. The first-order valence-electron chi connectivity index (χ1n) is 6.80. The molecule has 0 aliphatic rings. The van der Waals surface area contributed by atoms with E-state index in [1.165, 1.54) is 13.0 Å². The summed E-state index contributed by atoms with van der Waals surface area (Å²) in [5.74, 6) is 1.54. The maximum Gasteiger partial charge on any atom is 0.261 e. The van der Waals surface area contributed by atoms with E-state index in [2.05, 4.69) is 21.0 Å². The summed E-state index contributed by atoms with van der Waals surface area (Å²) in [5.41, 5.74) is 2.08. The Hall–Kier alpha value is -2.40. The molecule has 23 heavy (non-hydrogen) atoms. The van der Waals surface area contributed by atoms with Crippen LogP contribution < -0.4 is 10.2 Å². The fourth-order valence-electron chi connectivity index (χ4n) is 1.93. The highest BCUT2D eigenvalue weighted by Gasteiger charge is 2.22. The number of amides is 1. The Labute approximate surface area is 134 Å². The fraction of sp³-hybridized carbons (Fsp3) is 0.188. The summed E-state index contributed by atoms with van der Waals surface area (Å²) < 4.78 is 27.0. The third-order valence-corrected chi connectivity index (χ3v) is 4.62. The Morgan fingerprint density at radius 2 is 1.96 bits per heavy atom. The minimum atomic E-state index is -3.83. The standard InChI is InChI=1S/C16H16N2O4S/c1-3-10-22-17-16(19)12(2)18-23(20,21)15-9-8-13-6-4-5-7-14(13)11-15/h1,4-9,11-12,18H,10H2,2H3,(H,17,19). The minimum absolute atomic E-state index is 0.0837. The van der Waals surface area contributed by atoms with Gasteiger partial charge in [0, 0.05) is 0 Å². The lowest BCUT2D eigenvalue weighted by atomic mass is 10.1. The number of carbonyl (C=O) groups excluding carboxylic acids is 1. The van der Waals surface area contributed by atoms with Gasteiger partial charge in [-0.3, -0.25) is 9.63 Å². The Kier molecular flexibility index (Phi) is 5.34. The molecule has 2 rings (SSSR count). The number of terminal acetylenes is 1. The first-order valence-corrected chi connectivity index (χ1v) is 8.28. The van der Waals surface area contributed by atoms with Gasteiger partial charge in [0.05, 0.1) is 4.90 Å². The summed E-state index contributed by atoms with van der Waals surface area (Å²) in [6, 6.07) is 11.1. The fourth-order valence-corrected chi connectivity index (χ4v) is 3.16. The third-order valence-electron chi connectivity index (χ3n) is 3.08. The molecule has 0 fully saturated rings. The summed E-state index contributed by atoms with van der Waals surface area (Å²) in [6.45, 7) is 1.31. The van der Waals surface area contributed by atoms with E-state index in [9.17, 15) is 13.2 Å². The Bertz CT molecular complexity index is 856. The molecule has 0 aliphatic carbocycles. The van der Waals surface area contributed by atoms with Crippen molar-refractivity contribution >= 4 is 26.7 Å². The van der Waals surface area contributed by atoms with Gasteiger partial charge in [-0.25, -0.2) is 13.9 Å². The average molecular weight is 332 g/mol. The zero-order valence-electron chi connectivity index (χ0n) is 12.4. The molecule has 0 bridgehead atoms. The molecule has 2 aromatic carbocycles. The Morgan fingerprint density at radius 3 is 2.65 bits per heavy atom. The van der Waals surface area contributed by atoms with Gasteiger partial charge in [-0.05, 0) is 29.8 Å². The minimum Gasteiger partial charge on any atom is -0.271 e. The lowest BCUT2D eigenvalue weighted by molar-refractivity contribution is -0.133. The molecule has 120 valence electrons. The molecule has 1 atom stereocenters. The molecule has 1 amide bonds. The van der Waals surface area contributed by atoms with Crippen molar-refractivity contribution in [2.24, 2.45) is 0 Å². The largest absolute Gasteiger partial charge is 0.271 e. The predicted octanol–water partition coefficient (Wildman–Crippen LogP) is 1.19. The van der Waals surface area contributed by atoms with Crippen LogP contribution in [0.25, 0.3) is 10.8 Å². The van der Waals surface area contributed by atoms with E-state index in [-0.39, 0.29) is 11.5 Å². The molecule has 0 radical (unpaired) electrons. The van der Waals surface area contributed by atoms with E-state index in [1.807, 2.05) is 24.3 Å². The number of carbonyl (C=O) groups is 1. The topological polar surface area (TPSA) is 84.5 Å². The average Bonchev–Trinajstić information content (AvgIpc) is 2.54. The summed E-state index contributed by atoms with van der Waals surface area (Å²) in [7, 11) is -3.83. The maximum absolute atomic E-state index is 12.4. The van der Waals surface area contributed by atoms with E-state index in [4.69, 9.17) is 6.42 Å². The zero-order valence-corrected chi connectivity index (χ0v) is 13.3. The van der Waals surface area contributed by atoms with E-state index in [0.29, 0.717) is 0 Å². The van der Waals surface area contributed by atoms with Gasteiger partial charge < -0.3 is 0 Å². The molecule has 0 aliphatic heterocycles. The molecule has 0 saturated carbocycles. The smallest absolute Gasteiger partial charge is 0.261 e. The first-order chi connectivity index (χ1) is 10.9. The van der Waals surface area contributed by atoms with Crippen molar-refractivity contribution < 1.29 is 18.0 Å². The number of hydrogen-bond donors (Lipinski definition) is 2. The molecule has 0 heterocycles. The van der Waals surface area contributed by atoms with Crippen molar-refractivity contribution in [2.45, 2.75) is 17.9 Å². The maximum atomic E-state index is 12.4. The highest BCUT2D eigenvalue weighted by Crippen LogP contribution is 2.19. The van der Waals surface area contributed by atoms with Gasteiger partial charge in [-0.1, -0.05) is 36.3 Å². The summed E-state index contributed by atoms with van der Waals surface area (Å²) in [6.07, 6.45) is 4.98.